The number of ether oxygens (including phenoxy) is 1. The van der Waals surface area contributed by atoms with Crippen LogP contribution in [0.2, 0.25) is 0 Å². The van der Waals surface area contributed by atoms with Gasteiger partial charge in [-0.15, -0.1) is 0 Å². The zero-order chi connectivity index (χ0) is 21.1. The maximum absolute atomic E-state index is 13.4. The topological polar surface area (TPSA) is 62.7 Å². The lowest BCUT2D eigenvalue weighted by atomic mass is 10.0. The maximum atomic E-state index is 13.4. The van der Waals surface area contributed by atoms with E-state index in [9.17, 15) is 14.0 Å². The molecule has 1 aliphatic rings. The van der Waals surface area contributed by atoms with Crippen LogP contribution in [0, 0.1) is 5.82 Å². The molecule has 1 aliphatic heterocycles. The Morgan fingerprint density at radius 1 is 1.00 bits per heavy atom. The van der Waals surface area contributed by atoms with Gasteiger partial charge in [0.1, 0.15) is 5.82 Å². The molecule has 7 heteroatoms. The summed E-state index contributed by atoms with van der Waals surface area (Å²) in [6.45, 7) is 3.81. The number of fused-ring (bicyclic) bond motifs is 1. The van der Waals surface area contributed by atoms with Crippen molar-refractivity contribution in [2.24, 2.45) is 0 Å². The minimum Gasteiger partial charge on any atom is -0.450 e. The molecule has 2 amide bonds. The minimum absolute atomic E-state index is 0.111. The van der Waals surface area contributed by atoms with Gasteiger partial charge in [-0.25, -0.2) is 14.2 Å². The quantitative estimate of drug-likeness (QED) is 0.659. The van der Waals surface area contributed by atoms with E-state index in [0.29, 0.717) is 49.6 Å². The van der Waals surface area contributed by atoms with Crippen molar-refractivity contribution in [2.45, 2.75) is 6.92 Å². The Labute approximate surface area is 173 Å². The molecule has 0 unspecified atom stereocenters. The number of halogens is 1. The normalized spacial score (nSPS) is 14.1. The molecule has 1 fully saturated rings. The average molecular weight is 407 g/mol. The van der Waals surface area contributed by atoms with Crippen LogP contribution in [0.4, 0.5) is 9.18 Å². The first-order chi connectivity index (χ1) is 14.6. The standard InChI is InChI=1S/C23H22FN3O3/c1-2-30-23(29)27-13-11-26(12-14-27)22(28)19-15-21(16-7-9-17(24)10-8-16)25-20-6-4-3-5-18(19)20/h3-10,15H,2,11-14H2,1H3. The molecule has 0 radical (unpaired) electrons. The van der Waals surface area contributed by atoms with Crippen LogP contribution in [0.25, 0.3) is 22.2 Å². The summed E-state index contributed by atoms with van der Waals surface area (Å²) in [6.07, 6.45) is -0.349. The highest BCUT2D eigenvalue weighted by Gasteiger charge is 2.27. The fraction of sp³-hybridized carbons (Fsp3) is 0.261. The van der Waals surface area contributed by atoms with Crippen LogP contribution in [0.1, 0.15) is 17.3 Å². The predicted octanol–water partition coefficient (Wildman–Crippen LogP) is 3.96. The molecule has 1 aromatic heterocycles. The third-order valence-electron chi connectivity index (χ3n) is 5.18. The molecule has 4 rings (SSSR count). The molecule has 0 atom stereocenters. The smallest absolute Gasteiger partial charge is 0.409 e. The first kappa shape index (κ1) is 19.8. The molecule has 1 saturated heterocycles. The lowest BCUT2D eigenvalue weighted by Gasteiger charge is -2.34. The molecule has 0 N–H and O–H groups in total. The van der Waals surface area contributed by atoms with E-state index in [1.807, 2.05) is 24.3 Å². The Bertz CT molecular complexity index is 1080. The lowest BCUT2D eigenvalue weighted by molar-refractivity contribution is 0.0572. The zero-order valence-corrected chi connectivity index (χ0v) is 16.7. The van der Waals surface area contributed by atoms with Crippen molar-refractivity contribution in [3.8, 4) is 11.3 Å². The van der Waals surface area contributed by atoms with Crippen LogP contribution in [-0.2, 0) is 4.74 Å². The fourth-order valence-corrected chi connectivity index (χ4v) is 3.60. The van der Waals surface area contributed by atoms with Crippen molar-refractivity contribution in [1.82, 2.24) is 14.8 Å². The summed E-state index contributed by atoms with van der Waals surface area (Å²) in [6, 6.07) is 15.3. The van der Waals surface area contributed by atoms with Gasteiger partial charge in [0.25, 0.3) is 5.91 Å². The van der Waals surface area contributed by atoms with Gasteiger partial charge >= 0.3 is 6.09 Å². The molecule has 6 nitrogen and oxygen atoms in total. The summed E-state index contributed by atoms with van der Waals surface area (Å²) in [4.78, 5) is 33.3. The predicted molar refractivity (Wildman–Crippen MR) is 112 cm³/mol. The second kappa shape index (κ2) is 8.49. The molecule has 2 aromatic carbocycles. The van der Waals surface area contributed by atoms with Crippen molar-refractivity contribution >= 4 is 22.9 Å². The highest BCUT2D eigenvalue weighted by molar-refractivity contribution is 6.07. The molecule has 0 bridgehead atoms. The van der Waals surface area contributed by atoms with Crippen molar-refractivity contribution in [3.05, 3.63) is 66.0 Å². The fourth-order valence-electron chi connectivity index (χ4n) is 3.60. The third kappa shape index (κ3) is 3.96. The maximum Gasteiger partial charge on any atom is 0.409 e. The number of rotatable bonds is 3. The number of amides is 2. The Morgan fingerprint density at radius 3 is 2.37 bits per heavy atom. The number of hydrogen-bond donors (Lipinski definition) is 0. The van der Waals surface area contributed by atoms with Crippen LogP contribution in [0.3, 0.4) is 0 Å². The van der Waals surface area contributed by atoms with Gasteiger partial charge < -0.3 is 14.5 Å². The van der Waals surface area contributed by atoms with Crippen LogP contribution in [-0.4, -0.2) is 59.6 Å². The van der Waals surface area contributed by atoms with E-state index in [0.717, 1.165) is 10.9 Å². The second-order valence-corrected chi connectivity index (χ2v) is 7.06. The first-order valence-electron chi connectivity index (χ1n) is 9.93. The highest BCUT2D eigenvalue weighted by Crippen LogP contribution is 2.26. The van der Waals surface area contributed by atoms with E-state index in [2.05, 4.69) is 4.98 Å². The molecule has 154 valence electrons. The summed E-state index contributed by atoms with van der Waals surface area (Å²) >= 11 is 0. The Kier molecular flexibility index (Phi) is 5.61. The molecule has 2 heterocycles. The van der Waals surface area contributed by atoms with E-state index in [-0.39, 0.29) is 17.8 Å². The van der Waals surface area contributed by atoms with Crippen molar-refractivity contribution in [3.63, 3.8) is 0 Å². The number of aromatic nitrogens is 1. The van der Waals surface area contributed by atoms with Crippen LogP contribution < -0.4 is 0 Å². The zero-order valence-electron chi connectivity index (χ0n) is 16.7. The monoisotopic (exact) mass is 407 g/mol. The molecule has 0 spiro atoms. The van der Waals surface area contributed by atoms with Gasteiger partial charge in [0.15, 0.2) is 0 Å². The highest BCUT2D eigenvalue weighted by atomic mass is 19.1. The molecular formula is C23H22FN3O3. The van der Waals surface area contributed by atoms with E-state index in [1.54, 1.807) is 34.9 Å². The molecule has 0 saturated carbocycles. The first-order valence-corrected chi connectivity index (χ1v) is 9.93. The molecule has 3 aromatic rings. The molecule has 0 aliphatic carbocycles. The number of hydrogen-bond acceptors (Lipinski definition) is 4. The number of pyridine rings is 1. The number of para-hydroxylation sites is 1. The SMILES string of the molecule is CCOC(=O)N1CCN(C(=O)c2cc(-c3ccc(F)cc3)nc3ccccc23)CC1. The second-order valence-electron chi connectivity index (χ2n) is 7.06. The van der Waals surface area contributed by atoms with Gasteiger partial charge in [-0.3, -0.25) is 4.79 Å². The largest absolute Gasteiger partial charge is 0.450 e. The summed E-state index contributed by atoms with van der Waals surface area (Å²) in [5.74, 6) is -0.434. The molecular weight excluding hydrogens is 385 g/mol. The van der Waals surface area contributed by atoms with Gasteiger partial charge in [0.05, 0.1) is 23.4 Å². The van der Waals surface area contributed by atoms with E-state index in [4.69, 9.17) is 4.74 Å². The van der Waals surface area contributed by atoms with E-state index in [1.165, 1.54) is 12.1 Å². The van der Waals surface area contributed by atoms with E-state index < -0.39 is 0 Å². The Morgan fingerprint density at radius 2 is 1.67 bits per heavy atom. The van der Waals surface area contributed by atoms with Gasteiger partial charge in [-0.2, -0.15) is 0 Å². The summed E-state index contributed by atoms with van der Waals surface area (Å²) in [5, 5.41) is 0.765. The van der Waals surface area contributed by atoms with Crippen LogP contribution >= 0.6 is 0 Å². The van der Waals surface area contributed by atoms with Gasteiger partial charge in [-0.1, -0.05) is 18.2 Å². The average Bonchev–Trinajstić information content (AvgIpc) is 2.78. The van der Waals surface area contributed by atoms with Crippen molar-refractivity contribution in [2.75, 3.05) is 32.8 Å². The third-order valence-corrected chi connectivity index (χ3v) is 5.18. The number of carbonyl (C=O) groups is 2. The number of piperazine rings is 1. The minimum atomic E-state index is -0.349. The van der Waals surface area contributed by atoms with E-state index >= 15 is 0 Å². The van der Waals surface area contributed by atoms with Crippen LogP contribution in [0.5, 0.6) is 0 Å². The Hall–Kier alpha value is -3.48. The summed E-state index contributed by atoms with van der Waals surface area (Å²) in [7, 11) is 0. The number of carbonyl (C=O) groups excluding carboxylic acids is 2. The van der Waals surface area contributed by atoms with Gasteiger partial charge in [0.2, 0.25) is 0 Å². The number of nitrogens with zero attached hydrogens (tertiary/aromatic N) is 3. The summed E-state index contributed by atoms with van der Waals surface area (Å²) < 4.78 is 18.4. The van der Waals surface area contributed by atoms with Crippen LogP contribution in [0.15, 0.2) is 54.6 Å². The van der Waals surface area contributed by atoms with Crippen molar-refractivity contribution < 1.29 is 18.7 Å². The summed E-state index contributed by atoms with van der Waals surface area (Å²) in [5.41, 5.74) is 2.60. The molecule has 30 heavy (non-hydrogen) atoms. The van der Waals surface area contributed by atoms with Gasteiger partial charge in [-0.05, 0) is 43.3 Å². The Balaban J connectivity index is 1.64. The number of benzene rings is 2. The van der Waals surface area contributed by atoms with Gasteiger partial charge in [0, 0.05) is 37.1 Å². The lowest BCUT2D eigenvalue weighted by Crippen LogP contribution is -2.50. The van der Waals surface area contributed by atoms with Crippen molar-refractivity contribution in [1.29, 1.82) is 0 Å².